The highest BCUT2D eigenvalue weighted by Crippen LogP contribution is 2.17. The van der Waals surface area contributed by atoms with Crippen LogP contribution in [0.1, 0.15) is 39.1 Å². The molecule has 0 spiro atoms. The first kappa shape index (κ1) is 12.1. The first-order valence-electron chi connectivity index (χ1n) is 5.72. The second-order valence-electron chi connectivity index (χ2n) is 4.09. The van der Waals surface area contributed by atoms with Crippen molar-refractivity contribution in [3.05, 3.63) is 34.9 Å². The molecule has 0 saturated heterocycles. The van der Waals surface area contributed by atoms with E-state index in [9.17, 15) is 9.59 Å². The lowest BCUT2D eigenvalue weighted by Crippen LogP contribution is -2.22. The van der Waals surface area contributed by atoms with Crippen LogP contribution in [0.5, 0.6) is 0 Å². The molecule has 0 unspecified atom stereocenters. The SMILES string of the molecule is O=C(CCCl)c1ccc2c(c1)C(=O)NCCC2. The molecule has 3 nitrogen and oxygen atoms in total. The summed E-state index contributed by atoms with van der Waals surface area (Å²) < 4.78 is 0. The summed E-state index contributed by atoms with van der Waals surface area (Å²) in [5, 5.41) is 2.82. The number of rotatable bonds is 3. The number of hydrogen-bond acceptors (Lipinski definition) is 2. The van der Waals surface area contributed by atoms with Gasteiger partial charge < -0.3 is 5.32 Å². The molecule has 1 heterocycles. The average molecular weight is 252 g/mol. The predicted molar refractivity (Wildman–Crippen MR) is 66.8 cm³/mol. The van der Waals surface area contributed by atoms with Gasteiger partial charge in [-0.2, -0.15) is 0 Å². The highest BCUT2D eigenvalue weighted by Gasteiger charge is 2.17. The molecule has 0 aromatic heterocycles. The van der Waals surface area contributed by atoms with Crippen molar-refractivity contribution < 1.29 is 9.59 Å². The van der Waals surface area contributed by atoms with Crippen LogP contribution in [0.2, 0.25) is 0 Å². The number of nitrogens with one attached hydrogen (secondary N) is 1. The molecule has 2 rings (SSSR count). The zero-order valence-corrected chi connectivity index (χ0v) is 10.2. The maximum Gasteiger partial charge on any atom is 0.251 e. The fourth-order valence-electron chi connectivity index (χ4n) is 1.99. The molecule has 0 bridgehead atoms. The van der Waals surface area contributed by atoms with E-state index in [1.807, 2.05) is 6.07 Å². The summed E-state index contributed by atoms with van der Waals surface area (Å²) in [4.78, 5) is 23.5. The summed E-state index contributed by atoms with van der Waals surface area (Å²) in [6.45, 7) is 0.693. The Morgan fingerprint density at radius 1 is 1.41 bits per heavy atom. The number of benzene rings is 1. The number of carbonyl (C=O) groups excluding carboxylic acids is 2. The van der Waals surface area contributed by atoms with E-state index in [-0.39, 0.29) is 11.7 Å². The summed E-state index contributed by atoms with van der Waals surface area (Å²) in [5.74, 6) is 0.208. The molecule has 17 heavy (non-hydrogen) atoms. The van der Waals surface area contributed by atoms with E-state index in [2.05, 4.69) is 5.32 Å². The van der Waals surface area contributed by atoms with E-state index in [4.69, 9.17) is 11.6 Å². The highest BCUT2D eigenvalue weighted by molar-refractivity contribution is 6.19. The van der Waals surface area contributed by atoms with Crippen molar-refractivity contribution in [3.8, 4) is 0 Å². The molecule has 0 radical (unpaired) electrons. The Morgan fingerprint density at radius 2 is 2.24 bits per heavy atom. The third kappa shape index (κ3) is 2.67. The molecule has 0 saturated carbocycles. The minimum atomic E-state index is -0.0852. The summed E-state index contributed by atoms with van der Waals surface area (Å²) >= 11 is 5.54. The predicted octanol–water partition coefficient (Wildman–Crippen LogP) is 2.17. The standard InChI is InChI=1S/C13H14ClNO2/c14-6-5-12(16)10-4-3-9-2-1-7-15-13(17)11(9)8-10/h3-4,8H,1-2,5-7H2,(H,15,17). The van der Waals surface area contributed by atoms with E-state index < -0.39 is 0 Å². The third-order valence-electron chi connectivity index (χ3n) is 2.91. The average Bonchev–Trinajstić information content (AvgIpc) is 2.51. The molecule has 90 valence electrons. The van der Waals surface area contributed by atoms with Crippen molar-refractivity contribution >= 4 is 23.3 Å². The largest absolute Gasteiger partial charge is 0.352 e. The van der Waals surface area contributed by atoms with Crippen molar-refractivity contribution in [2.45, 2.75) is 19.3 Å². The molecule has 4 heteroatoms. The monoisotopic (exact) mass is 251 g/mol. The number of alkyl halides is 1. The zero-order valence-electron chi connectivity index (χ0n) is 9.46. The zero-order chi connectivity index (χ0) is 12.3. The smallest absolute Gasteiger partial charge is 0.251 e. The number of hydrogen-bond donors (Lipinski definition) is 1. The molecular formula is C13H14ClNO2. The van der Waals surface area contributed by atoms with Gasteiger partial charge in [0.1, 0.15) is 0 Å². The van der Waals surface area contributed by atoms with Gasteiger partial charge in [-0.25, -0.2) is 0 Å². The Kier molecular flexibility index (Phi) is 3.79. The first-order valence-corrected chi connectivity index (χ1v) is 6.26. The lowest BCUT2D eigenvalue weighted by Gasteiger charge is -2.06. The molecule has 1 aromatic carbocycles. The minimum absolute atomic E-state index is 0.0140. The van der Waals surface area contributed by atoms with E-state index in [0.717, 1.165) is 18.4 Å². The number of Topliss-reactive ketones (excluding diaryl/α,β-unsaturated/α-hetero) is 1. The van der Waals surface area contributed by atoms with Gasteiger partial charge in [0, 0.05) is 30.0 Å². The highest BCUT2D eigenvalue weighted by atomic mass is 35.5. The van der Waals surface area contributed by atoms with Crippen LogP contribution in [-0.4, -0.2) is 24.1 Å². The molecule has 1 aromatic rings. The molecule has 1 N–H and O–H groups in total. The maximum atomic E-state index is 11.8. The summed E-state index contributed by atoms with van der Waals surface area (Å²) in [7, 11) is 0. The van der Waals surface area contributed by atoms with E-state index >= 15 is 0 Å². The van der Waals surface area contributed by atoms with Crippen LogP contribution in [0.4, 0.5) is 0 Å². The van der Waals surface area contributed by atoms with Crippen molar-refractivity contribution in [2.24, 2.45) is 0 Å². The summed E-state index contributed by atoms with van der Waals surface area (Å²) in [6, 6.07) is 5.35. The molecule has 1 amide bonds. The second-order valence-corrected chi connectivity index (χ2v) is 4.47. The van der Waals surface area contributed by atoms with E-state index in [1.54, 1.807) is 12.1 Å². The topological polar surface area (TPSA) is 46.2 Å². The Balaban J connectivity index is 2.34. The molecule has 1 aliphatic heterocycles. The van der Waals surface area contributed by atoms with Crippen LogP contribution in [-0.2, 0) is 6.42 Å². The number of fused-ring (bicyclic) bond motifs is 1. The number of carbonyl (C=O) groups is 2. The van der Waals surface area contributed by atoms with Crippen LogP contribution in [0.15, 0.2) is 18.2 Å². The van der Waals surface area contributed by atoms with Crippen LogP contribution >= 0.6 is 11.6 Å². The minimum Gasteiger partial charge on any atom is -0.352 e. The number of ketones is 1. The first-order chi connectivity index (χ1) is 8.22. The van der Waals surface area contributed by atoms with Gasteiger partial charge in [0.25, 0.3) is 5.91 Å². The Bertz CT molecular complexity index is 457. The summed E-state index contributed by atoms with van der Waals surface area (Å²) in [6.07, 6.45) is 2.12. The third-order valence-corrected chi connectivity index (χ3v) is 3.10. The van der Waals surface area contributed by atoms with Gasteiger partial charge in [0.2, 0.25) is 0 Å². The van der Waals surface area contributed by atoms with Gasteiger partial charge >= 0.3 is 0 Å². The van der Waals surface area contributed by atoms with E-state index in [0.29, 0.717) is 30.0 Å². The number of amides is 1. The Hall–Kier alpha value is -1.35. The normalized spacial score (nSPS) is 14.8. The second kappa shape index (κ2) is 5.32. The van der Waals surface area contributed by atoms with Gasteiger partial charge in [-0.15, -0.1) is 11.6 Å². The van der Waals surface area contributed by atoms with Crippen LogP contribution in [0, 0.1) is 0 Å². The van der Waals surface area contributed by atoms with Crippen molar-refractivity contribution in [2.75, 3.05) is 12.4 Å². The molecule has 1 aliphatic rings. The Labute approximate surface area is 105 Å². The molecule has 0 atom stereocenters. The van der Waals surface area contributed by atoms with Gasteiger partial charge in [-0.1, -0.05) is 12.1 Å². The maximum absolute atomic E-state index is 11.8. The van der Waals surface area contributed by atoms with Crippen molar-refractivity contribution in [1.82, 2.24) is 5.32 Å². The summed E-state index contributed by atoms with van der Waals surface area (Å²) in [5.41, 5.74) is 2.21. The molecule has 0 fully saturated rings. The van der Waals surface area contributed by atoms with Gasteiger partial charge in [-0.05, 0) is 24.5 Å². The fraction of sp³-hybridized carbons (Fsp3) is 0.385. The lowest BCUT2D eigenvalue weighted by atomic mass is 9.98. The van der Waals surface area contributed by atoms with Crippen LogP contribution in [0.25, 0.3) is 0 Å². The van der Waals surface area contributed by atoms with Crippen molar-refractivity contribution in [3.63, 3.8) is 0 Å². The lowest BCUT2D eigenvalue weighted by molar-refractivity contribution is 0.0956. The van der Waals surface area contributed by atoms with Gasteiger partial charge in [0.15, 0.2) is 5.78 Å². The van der Waals surface area contributed by atoms with Gasteiger partial charge in [0.05, 0.1) is 0 Å². The quantitative estimate of drug-likeness (QED) is 0.661. The number of halogens is 1. The fourth-order valence-corrected chi connectivity index (χ4v) is 2.16. The van der Waals surface area contributed by atoms with Gasteiger partial charge in [-0.3, -0.25) is 9.59 Å². The van der Waals surface area contributed by atoms with Crippen molar-refractivity contribution in [1.29, 1.82) is 0 Å². The molecule has 0 aliphatic carbocycles. The molecular weight excluding hydrogens is 238 g/mol. The van der Waals surface area contributed by atoms with Crippen LogP contribution in [0.3, 0.4) is 0 Å². The van der Waals surface area contributed by atoms with E-state index in [1.165, 1.54) is 0 Å². The Morgan fingerprint density at radius 3 is 3.00 bits per heavy atom. The number of aryl methyl sites for hydroxylation is 1. The van der Waals surface area contributed by atoms with Crippen LogP contribution < -0.4 is 5.32 Å².